The number of fused-ring (bicyclic) bond motifs is 1. The highest BCUT2D eigenvalue weighted by Gasteiger charge is 2.16. The standard InChI is InChI=1S/C11H17N3OS/c1-14(11(15)6-12)7-10-13-8-4-2-3-5-9(8)16-10/h2-7,12H2,1H3. The SMILES string of the molecule is CN(Cc1nc2c(s1)CCCC2)C(=O)CN. The fourth-order valence-electron chi connectivity index (χ4n) is 1.92. The molecule has 0 spiro atoms. The molecule has 0 atom stereocenters. The van der Waals surface area contributed by atoms with E-state index >= 15 is 0 Å². The zero-order chi connectivity index (χ0) is 11.5. The number of hydrogen-bond acceptors (Lipinski definition) is 4. The van der Waals surface area contributed by atoms with E-state index in [1.807, 2.05) is 0 Å². The van der Waals surface area contributed by atoms with Gasteiger partial charge in [-0.3, -0.25) is 4.79 Å². The van der Waals surface area contributed by atoms with Crippen molar-refractivity contribution < 1.29 is 4.79 Å². The molecule has 0 bridgehead atoms. The van der Waals surface area contributed by atoms with Crippen molar-refractivity contribution in [1.29, 1.82) is 0 Å². The van der Waals surface area contributed by atoms with E-state index in [2.05, 4.69) is 4.98 Å². The molecule has 2 rings (SSSR count). The number of carbonyl (C=O) groups is 1. The third-order valence-electron chi connectivity index (χ3n) is 2.86. The Balaban J connectivity index is 2.04. The summed E-state index contributed by atoms with van der Waals surface area (Å²) >= 11 is 1.75. The van der Waals surface area contributed by atoms with Gasteiger partial charge in [0.05, 0.1) is 18.8 Å². The lowest BCUT2D eigenvalue weighted by molar-refractivity contribution is -0.128. The van der Waals surface area contributed by atoms with Gasteiger partial charge >= 0.3 is 0 Å². The lowest BCUT2D eigenvalue weighted by Gasteiger charge is -2.13. The van der Waals surface area contributed by atoms with Crippen LogP contribution in [-0.2, 0) is 24.2 Å². The highest BCUT2D eigenvalue weighted by Crippen LogP contribution is 2.27. The van der Waals surface area contributed by atoms with E-state index < -0.39 is 0 Å². The topological polar surface area (TPSA) is 59.2 Å². The molecule has 0 fully saturated rings. The number of nitrogens with two attached hydrogens (primary N) is 1. The van der Waals surface area contributed by atoms with E-state index in [9.17, 15) is 4.79 Å². The van der Waals surface area contributed by atoms with Crippen molar-refractivity contribution >= 4 is 17.2 Å². The molecule has 0 aromatic carbocycles. The maximum Gasteiger partial charge on any atom is 0.236 e. The number of likely N-dealkylation sites (N-methyl/N-ethyl adjacent to an activating group) is 1. The number of hydrogen-bond donors (Lipinski definition) is 1. The maximum absolute atomic E-state index is 11.3. The Kier molecular flexibility index (Phi) is 3.56. The summed E-state index contributed by atoms with van der Waals surface area (Å²) in [4.78, 5) is 19.0. The number of amides is 1. The first-order chi connectivity index (χ1) is 7.70. The first kappa shape index (κ1) is 11.5. The Morgan fingerprint density at radius 3 is 2.94 bits per heavy atom. The molecule has 88 valence electrons. The van der Waals surface area contributed by atoms with Crippen molar-refractivity contribution in [1.82, 2.24) is 9.88 Å². The van der Waals surface area contributed by atoms with Gasteiger partial charge in [-0.15, -0.1) is 11.3 Å². The minimum absolute atomic E-state index is 0.0341. The second kappa shape index (κ2) is 4.93. The molecule has 0 unspecified atom stereocenters. The van der Waals surface area contributed by atoms with E-state index in [1.165, 1.54) is 23.4 Å². The molecule has 1 aromatic heterocycles. The van der Waals surface area contributed by atoms with Gasteiger partial charge in [-0.2, -0.15) is 0 Å². The molecule has 1 aromatic rings. The van der Waals surface area contributed by atoms with Crippen LogP contribution >= 0.6 is 11.3 Å². The van der Waals surface area contributed by atoms with Crippen LogP contribution in [0.5, 0.6) is 0 Å². The lowest BCUT2D eigenvalue weighted by atomic mass is 10.0. The molecule has 0 saturated carbocycles. The van der Waals surface area contributed by atoms with Crippen LogP contribution in [0.1, 0.15) is 28.4 Å². The van der Waals surface area contributed by atoms with E-state index in [-0.39, 0.29) is 12.5 Å². The van der Waals surface area contributed by atoms with Crippen LogP contribution in [0.25, 0.3) is 0 Å². The van der Waals surface area contributed by atoms with Crippen molar-refractivity contribution in [2.75, 3.05) is 13.6 Å². The van der Waals surface area contributed by atoms with Crippen molar-refractivity contribution in [2.24, 2.45) is 5.73 Å². The van der Waals surface area contributed by atoms with Gasteiger partial charge in [0.1, 0.15) is 5.01 Å². The summed E-state index contributed by atoms with van der Waals surface area (Å²) in [5.41, 5.74) is 6.57. The molecule has 16 heavy (non-hydrogen) atoms. The molecule has 0 radical (unpaired) electrons. The summed E-state index contributed by atoms with van der Waals surface area (Å²) in [7, 11) is 1.77. The summed E-state index contributed by atoms with van der Waals surface area (Å²) in [6.07, 6.45) is 4.77. The zero-order valence-electron chi connectivity index (χ0n) is 9.53. The Hall–Kier alpha value is -0.940. The number of aryl methyl sites for hydroxylation is 2. The Labute approximate surface area is 99.5 Å². The fraction of sp³-hybridized carbons (Fsp3) is 0.636. The quantitative estimate of drug-likeness (QED) is 0.854. The number of thiazole rings is 1. The number of aromatic nitrogens is 1. The van der Waals surface area contributed by atoms with Crippen molar-refractivity contribution in [3.8, 4) is 0 Å². The highest BCUT2D eigenvalue weighted by molar-refractivity contribution is 7.11. The minimum Gasteiger partial charge on any atom is -0.338 e. The van der Waals surface area contributed by atoms with Crippen molar-refractivity contribution in [3.63, 3.8) is 0 Å². The van der Waals surface area contributed by atoms with Gasteiger partial charge in [0.25, 0.3) is 0 Å². The van der Waals surface area contributed by atoms with E-state index in [0.29, 0.717) is 6.54 Å². The predicted molar refractivity (Wildman–Crippen MR) is 64.3 cm³/mol. The van der Waals surface area contributed by atoms with Crippen LogP contribution in [0.15, 0.2) is 0 Å². The van der Waals surface area contributed by atoms with E-state index in [0.717, 1.165) is 17.8 Å². The predicted octanol–water partition coefficient (Wildman–Crippen LogP) is 0.939. The monoisotopic (exact) mass is 239 g/mol. The average molecular weight is 239 g/mol. The first-order valence-corrected chi connectivity index (χ1v) is 6.44. The summed E-state index contributed by atoms with van der Waals surface area (Å²) in [5, 5.41) is 1.04. The number of nitrogens with zero attached hydrogens (tertiary/aromatic N) is 2. The van der Waals surface area contributed by atoms with Gasteiger partial charge in [-0.1, -0.05) is 0 Å². The van der Waals surface area contributed by atoms with Crippen LogP contribution in [-0.4, -0.2) is 29.4 Å². The summed E-state index contributed by atoms with van der Waals surface area (Å²) < 4.78 is 0. The average Bonchev–Trinajstić information content (AvgIpc) is 2.69. The van der Waals surface area contributed by atoms with Gasteiger partial charge in [0.15, 0.2) is 0 Å². The second-order valence-corrected chi connectivity index (χ2v) is 5.31. The van der Waals surface area contributed by atoms with Gasteiger partial charge in [-0.05, 0) is 25.7 Å². The zero-order valence-corrected chi connectivity index (χ0v) is 10.3. The van der Waals surface area contributed by atoms with Crippen molar-refractivity contribution in [3.05, 3.63) is 15.6 Å². The first-order valence-electron chi connectivity index (χ1n) is 5.62. The molecular weight excluding hydrogens is 222 g/mol. The molecular formula is C11H17N3OS. The minimum atomic E-state index is -0.0341. The Morgan fingerprint density at radius 2 is 2.25 bits per heavy atom. The van der Waals surface area contributed by atoms with Gasteiger partial charge < -0.3 is 10.6 Å². The van der Waals surface area contributed by atoms with Gasteiger partial charge in [-0.25, -0.2) is 4.98 Å². The Bertz CT molecular complexity index is 365. The maximum atomic E-state index is 11.3. The molecule has 5 heteroatoms. The normalized spacial score (nSPS) is 14.6. The summed E-state index contributed by atoms with van der Waals surface area (Å²) in [6.45, 7) is 0.662. The lowest BCUT2D eigenvalue weighted by Crippen LogP contribution is -2.32. The number of carbonyl (C=O) groups excluding carboxylic acids is 1. The van der Waals surface area contributed by atoms with Crippen LogP contribution in [0.3, 0.4) is 0 Å². The summed E-state index contributed by atoms with van der Waals surface area (Å²) in [6, 6.07) is 0. The number of rotatable bonds is 3. The van der Waals surface area contributed by atoms with E-state index in [4.69, 9.17) is 5.73 Å². The molecule has 2 N–H and O–H groups in total. The molecule has 1 aliphatic carbocycles. The largest absolute Gasteiger partial charge is 0.338 e. The van der Waals surface area contributed by atoms with Crippen molar-refractivity contribution in [2.45, 2.75) is 32.2 Å². The molecule has 1 aliphatic rings. The van der Waals surface area contributed by atoms with Crippen LogP contribution in [0.4, 0.5) is 0 Å². The molecule has 4 nitrogen and oxygen atoms in total. The Morgan fingerprint density at radius 1 is 1.50 bits per heavy atom. The second-order valence-electron chi connectivity index (χ2n) is 4.14. The van der Waals surface area contributed by atoms with Gasteiger partial charge in [0, 0.05) is 11.9 Å². The molecule has 1 amide bonds. The third-order valence-corrected chi connectivity index (χ3v) is 4.00. The molecule has 0 aliphatic heterocycles. The third kappa shape index (κ3) is 2.41. The summed E-state index contributed by atoms with van der Waals surface area (Å²) in [5.74, 6) is -0.0341. The van der Waals surface area contributed by atoms with E-state index in [1.54, 1.807) is 23.3 Å². The fourth-order valence-corrected chi connectivity index (χ4v) is 3.13. The van der Waals surface area contributed by atoms with Crippen LogP contribution in [0, 0.1) is 0 Å². The highest BCUT2D eigenvalue weighted by atomic mass is 32.1. The van der Waals surface area contributed by atoms with Crippen LogP contribution < -0.4 is 5.73 Å². The van der Waals surface area contributed by atoms with Crippen LogP contribution in [0.2, 0.25) is 0 Å². The molecule has 0 saturated heterocycles. The molecule has 1 heterocycles. The smallest absolute Gasteiger partial charge is 0.236 e. The van der Waals surface area contributed by atoms with Gasteiger partial charge in [0.2, 0.25) is 5.91 Å².